The molecule has 6 nitrogen and oxygen atoms in total. The van der Waals surface area contributed by atoms with E-state index in [9.17, 15) is 9.59 Å². The van der Waals surface area contributed by atoms with Gasteiger partial charge in [0.2, 0.25) is 0 Å². The third-order valence-corrected chi connectivity index (χ3v) is 3.83. The molecule has 0 saturated heterocycles. The van der Waals surface area contributed by atoms with E-state index in [1.54, 1.807) is 17.5 Å². The fraction of sp³-hybridized carbons (Fsp3) is 0.312. The number of esters is 1. The summed E-state index contributed by atoms with van der Waals surface area (Å²) in [5.41, 5.74) is 0.564. The van der Waals surface area contributed by atoms with Crippen molar-refractivity contribution in [3.8, 4) is 5.75 Å². The molecule has 2 aromatic rings. The van der Waals surface area contributed by atoms with E-state index in [0.717, 1.165) is 0 Å². The molecule has 23 heavy (non-hydrogen) atoms. The summed E-state index contributed by atoms with van der Waals surface area (Å²) < 4.78 is 10.3. The van der Waals surface area contributed by atoms with Crippen LogP contribution in [0.1, 0.15) is 19.0 Å². The molecule has 0 radical (unpaired) electrons. The molecule has 1 aromatic carbocycles. The zero-order valence-corrected chi connectivity index (χ0v) is 13.8. The molecular formula is C16H18N2O4S. The van der Waals surface area contributed by atoms with Crippen molar-refractivity contribution < 1.29 is 19.1 Å². The summed E-state index contributed by atoms with van der Waals surface area (Å²) in [4.78, 5) is 27.7. The van der Waals surface area contributed by atoms with Crippen LogP contribution in [-0.4, -0.2) is 30.1 Å². The normalized spacial score (nSPS) is 11.6. The van der Waals surface area contributed by atoms with Crippen molar-refractivity contribution in [1.29, 1.82) is 0 Å². The zero-order chi connectivity index (χ0) is 16.7. The Kier molecular flexibility index (Phi) is 6.10. The largest absolute Gasteiger partial charge is 0.481 e. The molecule has 7 heteroatoms. The minimum absolute atomic E-state index is 0.0839. The molecular weight excluding hydrogens is 316 g/mol. The average molecular weight is 334 g/mol. The molecule has 1 atom stereocenters. The predicted molar refractivity (Wildman–Crippen MR) is 87.6 cm³/mol. The van der Waals surface area contributed by atoms with Crippen molar-refractivity contribution in [1.82, 2.24) is 4.98 Å². The van der Waals surface area contributed by atoms with Crippen LogP contribution in [0.4, 0.5) is 5.13 Å². The summed E-state index contributed by atoms with van der Waals surface area (Å²) in [7, 11) is 1.32. The van der Waals surface area contributed by atoms with Crippen molar-refractivity contribution in [2.24, 2.45) is 0 Å². The van der Waals surface area contributed by atoms with Crippen molar-refractivity contribution >= 4 is 28.3 Å². The first-order valence-corrected chi connectivity index (χ1v) is 8.04. The van der Waals surface area contributed by atoms with Crippen molar-refractivity contribution in [2.75, 3.05) is 12.4 Å². The smallest absolute Gasteiger partial charge is 0.311 e. The summed E-state index contributed by atoms with van der Waals surface area (Å²) >= 11 is 1.26. The number of ether oxygens (including phenoxy) is 2. The third kappa shape index (κ3) is 5.07. The van der Waals surface area contributed by atoms with E-state index < -0.39 is 6.10 Å². The van der Waals surface area contributed by atoms with Crippen molar-refractivity contribution in [3.05, 3.63) is 41.4 Å². The number of carbonyl (C=O) groups is 2. The SMILES string of the molecule is CC[C@@H](Oc1ccccc1)C(=O)Nc1nc(CC(=O)OC)cs1. The molecule has 0 unspecified atom stereocenters. The lowest BCUT2D eigenvalue weighted by molar-refractivity contribution is -0.139. The molecule has 122 valence electrons. The molecule has 1 aromatic heterocycles. The Labute approximate surface area is 138 Å². The van der Waals surface area contributed by atoms with Crippen LogP contribution in [0.25, 0.3) is 0 Å². The maximum absolute atomic E-state index is 12.3. The number of thiazole rings is 1. The van der Waals surface area contributed by atoms with Gasteiger partial charge in [-0.15, -0.1) is 11.3 Å². The Bertz CT molecular complexity index is 657. The molecule has 0 spiro atoms. The van der Waals surface area contributed by atoms with Gasteiger partial charge in [0.25, 0.3) is 5.91 Å². The lowest BCUT2D eigenvalue weighted by Gasteiger charge is -2.16. The van der Waals surface area contributed by atoms with Gasteiger partial charge in [0.1, 0.15) is 5.75 Å². The molecule has 1 heterocycles. The summed E-state index contributed by atoms with van der Waals surface area (Å²) in [6, 6.07) is 9.17. The van der Waals surface area contributed by atoms with E-state index in [0.29, 0.717) is 23.0 Å². The Morgan fingerprint density at radius 3 is 2.70 bits per heavy atom. The molecule has 2 rings (SSSR count). The standard InChI is InChI=1S/C16H18N2O4S/c1-3-13(22-12-7-5-4-6-8-12)15(20)18-16-17-11(10-23-16)9-14(19)21-2/h4-8,10,13H,3,9H2,1-2H3,(H,17,18,20)/t13-/m1/s1. The van der Waals surface area contributed by atoms with E-state index >= 15 is 0 Å². The van der Waals surface area contributed by atoms with E-state index in [2.05, 4.69) is 15.0 Å². The number of hydrogen-bond acceptors (Lipinski definition) is 6. The Balaban J connectivity index is 1.95. The maximum Gasteiger partial charge on any atom is 0.311 e. The summed E-state index contributed by atoms with van der Waals surface area (Å²) in [6.45, 7) is 1.87. The number of anilines is 1. The van der Waals surface area contributed by atoms with E-state index in [1.807, 2.05) is 25.1 Å². The van der Waals surface area contributed by atoms with Crippen LogP contribution < -0.4 is 10.1 Å². The number of hydrogen-bond donors (Lipinski definition) is 1. The van der Waals surface area contributed by atoms with Gasteiger partial charge in [-0.05, 0) is 18.6 Å². The van der Waals surface area contributed by atoms with E-state index in [4.69, 9.17) is 4.74 Å². The number of amides is 1. The number of aromatic nitrogens is 1. The molecule has 1 N–H and O–H groups in total. The van der Waals surface area contributed by atoms with Gasteiger partial charge in [-0.3, -0.25) is 14.9 Å². The molecule has 0 fully saturated rings. The van der Waals surface area contributed by atoms with Gasteiger partial charge < -0.3 is 9.47 Å². The number of carbonyl (C=O) groups excluding carboxylic acids is 2. The van der Waals surface area contributed by atoms with E-state index in [-0.39, 0.29) is 18.3 Å². The van der Waals surface area contributed by atoms with Crippen LogP contribution in [0.2, 0.25) is 0 Å². The van der Waals surface area contributed by atoms with Crippen LogP contribution in [0.3, 0.4) is 0 Å². The number of para-hydroxylation sites is 1. The number of benzene rings is 1. The minimum atomic E-state index is -0.606. The van der Waals surface area contributed by atoms with Crippen LogP contribution in [0.5, 0.6) is 5.75 Å². The van der Waals surface area contributed by atoms with Crippen LogP contribution >= 0.6 is 11.3 Å². The predicted octanol–water partition coefficient (Wildman–Crippen LogP) is 2.65. The highest BCUT2D eigenvalue weighted by Gasteiger charge is 2.20. The van der Waals surface area contributed by atoms with E-state index in [1.165, 1.54) is 18.4 Å². The summed E-state index contributed by atoms with van der Waals surface area (Å²) in [5, 5.41) is 4.86. The zero-order valence-electron chi connectivity index (χ0n) is 12.9. The topological polar surface area (TPSA) is 77.5 Å². The minimum Gasteiger partial charge on any atom is -0.481 e. The quantitative estimate of drug-likeness (QED) is 0.788. The molecule has 0 aliphatic carbocycles. The van der Waals surface area contributed by atoms with Gasteiger partial charge in [0.05, 0.1) is 19.2 Å². The van der Waals surface area contributed by atoms with Crippen LogP contribution in [0.15, 0.2) is 35.7 Å². The first kappa shape index (κ1) is 17.0. The second-order valence-electron chi connectivity index (χ2n) is 4.71. The third-order valence-electron chi connectivity index (χ3n) is 3.02. The van der Waals surface area contributed by atoms with Gasteiger partial charge in [-0.2, -0.15) is 0 Å². The fourth-order valence-electron chi connectivity index (χ4n) is 1.84. The number of methoxy groups -OCH3 is 1. The number of nitrogens with one attached hydrogen (secondary N) is 1. The van der Waals surface area contributed by atoms with Gasteiger partial charge in [0, 0.05) is 5.38 Å². The van der Waals surface area contributed by atoms with Gasteiger partial charge in [-0.25, -0.2) is 4.98 Å². The van der Waals surface area contributed by atoms with Crippen molar-refractivity contribution in [3.63, 3.8) is 0 Å². The Hall–Kier alpha value is -2.41. The summed E-state index contributed by atoms with van der Waals surface area (Å²) in [6.07, 6.45) is 0.00666. The van der Waals surface area contributed by atoms with Crippen LogP contribution in [0, 0.1) is 0 Å². The molecule has 1 amide bonds. The highest BCUT2D eigenvalue weighted by atomic mass is 32.1. The first-order chi connectivity index (χ1) is 11.1. The van der Waals surface area contributed by atoms with Gasteiger partial charge in [0.15, 0.2) is 11.2 Å². The Morgan fingerprint density at radius 1 is 1.30 bits per heavy atom. The molecule has 0 bridgehead atoms. The monoisotopic (exact) mass is 334 g/mol. The number of rotatable bonds is 7. The second-order valence-corrected chi connectivity index (χ2v) is 5.57. The summed E-state index contributed by atoms with van der Waals surface area (Å²) in [5.74, 6) is 0.00219. The van der Waals surface area contributed by atoms with Crippen LogP contribution in [-0.2, 0) is 20.7 Å². The highest BCUT2D eigenvalue weighted by Crippen LogP contribution is 2.18. The van der Waals surface area contributed by atoms with Gasteiger partial charge >= 0.3 is 5.97 Å². The van der Waals surface area contributed by atoms with Gasteiger partial charge in [-0.1, -0.05) is 25.1 Å². The lowest BCUT2D eigenvalue weighted by atomic mass is 10.2. The Morgan fingerprint density at radius 2 is 2.04 bits per heavy atom. The lowest BCUT2D eigenvalue weighted by Crippen LogP contribution is -2.32. The average Bonchev–Trinajstić information content (AvgIpc) is 3.00. The number of nitrogens with zero attached hydrogens (tertiary/aromatic N) is 1. The highest BCUT2D eigenvalue weighted by molar-refractivity contribution is 7.13. The second kappa shape index (κ2) is 8.28. The molecule has 0 aliphatic heterocycles. The maximum atomic E-state index is 12.3. The fourth-order valence-corrected chi connectivity index (χ4v) is 2.55. The first-order valence-electron chi connectivity index (χ1n) is 7.16. The van der Waals surface area contributed by atoms with Crippen molar-refractivity contribution in [2.45, 2.75) is 25.9 Å². The molecule has 0 aliphatic rings. The molecule has 0 saturated carbocycles.